The number of carbonyl (C=O) groups excluding carboxylic acids is 2. The van der Waals surface area contributed by atoms with Crippen molar-refractivity contribution in [3.05, 3.63) is 0 Å². The van der Waals surface area contributed by atoms with Crippen LogP contribution < -0.4 is 0 Å². The van der Waals surface area contributed by atoms with Crippen LogP contribution in [0.25, 0.3) is 0 Å². The highest BCUT2D eigenvalue weighted by Gasteiger charge is 2.34. The van der Waals surface area contributed by atoms with Crippen LogP contribution in [0.3, 0.4) is 0 Å². The zero-order chi connectivity index (χ0) is 12.8. The van der Waals surface area contributed by atoms with Crippen LogP contribution in [-0.2, 0) is 19.1 Å². The maximum absolute atomic E-state index is 11.6. The predicted molar refractivity (Wildman–Crippen MR) is 61.2 cm³/mol. The average Bonchev–Trinajstić information content (AvgIpc) is 2.23. The Morgan fingerprint density at radius 2 is 2.00 bits per heavy atom. The second-order valence-corrected chi connectivity index (χ2v) is 5.04. The minimum atomic E-state index is -0.808. The van der Waals surface area contributed by atoms with Crippen LogP contribution in [0.1, 0.15) is 20.3 Å². The molecule has 6 heteroatoms. The maximum Gasteiger partial charge on any atom is 0.319 e. The summed E-state index contributed by atoms with van der Waals surface area (Å²) in [6.45, 7) is 3.10. The lowest BCUT2D eigenvalue weighted by atomic mass is 9.88. The van der Waals surface area contributed by atoms with Gasteiger partial charge in [-0.2, -0.15) is 0 Å². The van der Waals surface area contributed by atoms with Crippen LogP contribution >= 0.6 is 15.9 Å². The summed E-state index contributed by atoms with van der Waals surface area (Å²) in [5, 5.41) is 8.53. The Bertz CT molecular complexity index is 252. The van der Waals surface area contributed by atoms with Gasteiger partial charge in [0.15, 0.2) is 0 Å². The Labute approximate surface area is 103 Å². The molecule has 0 amide bonds. The van der Waals surface area contributed by atoms with Crippen LogP contribution in [0.4, 0.5) is 0 Å². The summed E-state index contributed by atoms with van der Waals surface area (Å²) >= 11 is 3.14. The first-order valence-corrected chi connectivity index (χ1v) is 5.76. The molecular formula is C10H17BrO5. The van der Waals surface area contributed by atoms with Crippen LogP contribution in [0.2, 0.25) is 0 Å². The summed E-state index contributed by atoms with van der Waals surface area (Å²) in [4.78, 5) is 22.2. The number of aliphatic hydroxyl groups is 1. The number of halogens is 1. The molecule has 0 bridgehead atoms. The molecule has 0 aromatic carbocycles. The van der Waals surface area contributed by atoms with Gasteiger partial charge >= 0.3 is 11.9 Å². The van der Waals surface area contributed by atoms with E-state index in [0.717, 1.165) is 0 Å². The first-order chi connectivity index (χ1) is 7.35. The van der Waals surface area contributed by atoms with E-state index in [9.17, 15) is 9.59 Å². The van der Waals surface area contributed by atoms with Crippen molar-refractivity contribution in [2.75, 3.05) is 20.3 Å². The van der Waals surface area contributed by atoms with Gasteiger partial charge in [-0.3, -0.25) is 9.59 Å². The van der Waals surface area contributed by atoms with E-state index >= 15 is 0 Å². The van der Waals surface area contributed by atoms with E-state index in [1.54, 1.807) is 13.8 Å². The molecule has 1 unspecified atom stereocenters. The number of hydrogen-bond acceptors (Lipinski definition) is 5. The number of esters is 2. The Morgan fingerprint density at radius 1 is 1.44 bits per heavy atom. The standard InChI is InChI=1S/C10H17BrO5/c1-10(2,9(14)16-5-4-12)6-7(11)8(13)15-3/h7,12H,4-6H2,1-3H3. The van der Waals surface area contributed by atoms with Crippen molar-refractivity contribution in [3.8, 4) is 0 Å². The zero-order valence-corrected chi connectivity index (χ0v) is 11.2. The highest BCUT2D eigenvalue weighted by molar-refractivity contribution is 9.10. The highest BCUT2D eigenvalue weighted by Crippen LogP contribution is 2.27. The molecule has 0 heterocycles. The van der Waals surface area contributed by atoms with Gasteiger partial charge in [-0.1, -0.05) is 15.9 Å². The average molecular weight is 297 g/mol. The van der Waals surface area contributed by atoms with Gasteiger partial charge in [0.1, 0.15) is 11.4 Å². The molecule has 0 spiro atoms. The minimum absolute atomic E-state index is 0.0343. The van der Waals surface area contributed by atoms with Gasteiger partial charge in [-0.05, 0) is 20.3 Å². The van der Waals surface area contributed by atoms with Crippen LogP contribution in [0.15, 0.2) is 0 Å². The number of carbonyl (C=O) groups is 2. The molecule has 0 aliphatic rings. The van der Waals surface area contributed by atoms with E-state index in [1.807, 2.05) is 0 Å². The predicted octanol–water partition coefficient (Wildman–Crippen LogP) is 0.875. The van der Waals surface area contributed by atoms with Gasteiger partial charge in [0, 0.05) is 0 Å². The van der Waals surface area contributed by atoms with E-state index in [0.29, 0.717) is 0 Å². The van der Waals surface area contributed by atoms with E-state index in [-0.39, 0.29) is 19.6 Å². The van der Waals surface area contributed by atoms with Gasteiger partial charge < -0.3 is 14.6 Å². The number of hydrogen-bond donors (Lipinski definition) is 1. The normalized spacial score (nSPS) is 13.1. The zero-order valence-electron chi connectivity index (χ0n) is 9.66. The summed E-state index contributed by atoms with van der Waals surface area (Å²) in [7, 11) is 1.29. The molecule has 0 aromatic rings. The van der Waals surface area contributed by atoms with Crippen molar-refractivity contribution in [2.45, 2.75) is 25.1 Å². The monoisotopic (exact) mass is 296 g/mol. The van der Waals surface area contributed by atoms with Gasteiger partial charge in [0.25, 0.3) is 0 Å². The van der Waals surface area contributed by atoms with E-state index in [1.165, 1.54) is 7.11 Å². The number of aliphatic hydroxyl groups excluding tert-OH is 1. The van der Waals surface area contributed by atoms with Crippen molar-refractivity contribution >= 4 is 27.9 Å². The van der Waals surface area contributed by atoms with Crippen molar-refractivity contribution in [3.63, 3.8) is 0 Å². The summed E-state index contributed by atoms with van der Waals surface area (Å²) in [5.41, 5.74) is -0.808. The molecule has 0 radical (unpaired) electrons. The second kappa shape index (κ2) is 6.85. The van der Waals surface area contributed by atoms with Crippen molar-refractivity contribution in [1.29, 1.82) is 0 Å². The van der Waals surface area contributed by atoms with Crippen molar-refractivity contribution < 1.29 is 24.2 Å². The van der Waals surface area contributed by atoms with E-state index in [2.05, 4.69) is 20.7 Å². The van der Waals surface area contributed by atoms with Crippen LogP contribution in [0, 0.1) is 5.41 Å². The number of alkyl halides is 1. The SMILES string of the molecule is COC(=O)C(Br)CC(C)(C)C(=O)OCCO. The molecule has 0 aliphatic heterocycles. The first kappa shape index (κ1) is 15.4. The fraction of sp³-hybridized carbons (Fsp3) is 0.800. The number of methoxy groups -OCH3 is 1. The number of rotatable bonds is 6. The first-order valence-electron chi connectivity index (χ1n) is 4.85. The summed E-state index contributed by atoms with van der Waals surface area (Å²) < 4.78 is 9.35. The molecule has 1 atom stereocenters. The molecule has 0 aliphatic carbocycles. The third-order valence-corrected chi connectivity index (χ3v) is 2.72. The Balaban J connectivity index is 4.32. The lowest BCUT2D eigenvalue weighted by Gasteiger charge is -2.23. The molecule has 1 N–H and O–H groups in total. The van der Waals surface area contributed by atoms with Gasteiger partial charge in [-0.25, -0.2) is 0 Å². The fourth-order valence-corrected chi connectivity index (χ4v) is 2.07. The third-order valence-electron chi connectivity index (χ3n) is 2.02. The summed E-state index contributed by atoms with van der Waals surface area (Å²) in [6, 6.07) is 0. The Morgan fingerprint density at radius 3 is 2.44 bits per heavy atom. The third kappa shape index (κ3) is 4.94. The van der Waals surface area contributed by atoms with Crippen LogP contribution in [0.5, 0.6) is 0 Å². The largest absolute Gasteiger partial charge is 0.468 e. The van der Waals surface area contributed by atoms with Gasteiger partial charge in [0.05, 0.1) is 19.1 Å². The molecule has 0 aromatic heterocycles. The highest BCUT2D eigenvalue weighted by atomic mass is 79.9. The van der Waals surface area contributed by atoms with E-state index < -0.39 is 22.2 Å². The van der Waals surface area contributed by atoms with Crippen LogP contribution in [-0.4, -0.2) is 42.2 Å². The molecule has 94 valence electrons. The van der Waals surface area contributed by atoms with Gasteiger partial charge in [-0.15, -0.1) is 0 Å². The molecule has 5 nitrogen and oxygen atoms in total. The fourth-order valence-electron chi connectivity index (χ4n) is 1.08. The van der Waals surface area contributed by atoms with Crippen molar-refractivity contribution in [1.82, 2.24) is 0 Å². The molecule has 0 saturated carbocycles. The Kier molecular flexibility index (Phi) is 6.59. The molecule has 0 rings (SSSR count). The molecule has 16 heavy (non-hydrogen) atoms. The lowest BCUT2D eigenvalue weighted by Crippen LogP contribution is -2.32. The quantitative estimate of drug-likeness (QED) is 0.582. The Hall–Kier alpha value is -0.620. The number of ether oxygens (including phenoxy) is 2. The lowest BCUT2D eigenvalue weighted by molar-refractivity contribution is -0.155. The maximum atomic E-state index is 11.6. The topological polar surface area (TPSA) is 72.8 Å². The summed E-state index contributed by atoms with van der Waals surface area (Å²) in [6.07, 6.45) is 0.268. The van der Waals surface area contributed by atoms with Crippen molar-refractivity contribution in [2.24, 2.45) is 5.41 Å². The molecule has 0 saturated heterocycles. The van der Waals surface area contributed by atoms with E-state index in [4.69, 9.17) is 9.84 Å². The molecule has 0 fully saturated rings. The smallest absolute Gasteiger partial charge is 0.319 e. The van der Waals surface area contributed by atoms with Gasteiger partial charge in [0.2, 0.25) is 0 Å². The minimum Gasteiger partial charge on any atom is -0.468 e. The molecular weight excluding hydrogens is 280 g/mol. The summed E-state index contributed by atoms with van der Waals surface area (Å²) in [5.74, 6) is -0.877. The second-order valence-electron chi connectivity index (χ2n) is 3.94.